The normalized spacial score (nSPS) is 29.8. The summed E-state index contributed by atoms with van der Waals surface area (Å²) in [6, 6.07) is 0.644. The van der Waals surface area contributed by atoms with Gasteiger partial charge in [-0.2, -0.15) is 0 Å². The van der Waals surface area contributed by atoms with E-state index in [1.54, 1.807) is 0 Å². The first-order valence-corrected chi connectivity index (χ1v) is 6.23. The first-order valence-electron chi connectivity index (χ1n) is 6.23. The molecule has 3 atom stereocenters. The highest BCUT2D eigenvalue weighted by atomic mass is 15.1. The minimum atomic E-state index is 0.379. The highest BCUT2D eigenvalue weighted by Crippen LogP contribution is 2.25. The Kier molecular flexibility index (Phi) is 4.19. The molecule has 0 aromatic rings. The summed E-state index contributed by atoms with van der Waals surface area (Å²) in [6.45, 7) is 15.3. The molecule has 1 aliphatic heterocycles. The standard InChI is InChI=1S/C13H28N2/c1-10-7-14-8-12(10)9-15(6)11(2)13(3,4)5/h10-12,14H,7-9H2,1-6H3. The fraction of sp³-hybridized carbons (Fsp3) is 1.00. The van der Waals surface area contributed by atoms with Crippen LogP contribution in [0.25, 0.3) is 0 Å². The van der Waals surface area contributed by atoms with Gasteiger partial charge in [-0.25, -0.2) is 0 Å². The average Bonchev–Trinajstić information content (AvgIpc) is 2.49. The van der Waals surface area contributed by atoms with Gasteiger partial charge in [0.05, 0.1) is 0 Å². The first kappa shape index (κ1) is 13.0. The van der Waals surface area contributed by atoms with Gasteiger partial charge in [-0.15, -0.1) is 0 Å². The number of rotatable bonds is 3. The number of hydrogen-bond acceptors (Lipinski definition) is 2. The minimum absolute atomic E-state index is 0.379. The van der Waals surface area contributed by atoms with Gasteiger partial charge in [0.2, 0.25) is 0 Å². The number of nitrogens with one attached hydrogen (secondary N) is 1. The Balaban J connectivity index is 2.44. The summed E-state index contributed by atoms with van der Waals surface area (Å²) < 4.78 is 0. The molecule has 15 heavy (non-hydrogen) atoms. The van der Waals surface area contributed by atoms with Crippen LogP contribution in [-0.4, -0.2) is 37.6 Å². The summed E-state index contributed by atoms with van der Waals surface area (Å²) >= 11 is 0. The van der Waals surface area contributed by atoms with E-state index in [2.05, 4.69) is 51.9 Å². The number of nitrogens with zero attached hydrogens (tertiary/aromatic N) is 1. The zero-order chi connectivity index (χ0) is 11.6. The van der Waals surface area contributed by atoms with Gasteiger partial charge < -0.3 is 10.2 Å². The highest BCUT2D eigenvalue weighted by Gasteiger charge is 2.29. The van der Waals surface area contributed by atoms with Crippen molar-refractivity contribution < 1.29 is 0 Å². The molecular weight excluding hydrogens is 184 g/mol. The molecule has 0 amide bonds. The van der Waals surface area contributed by atoms with Crippen LogP contribution in [0.15, 0.2) is 0 Å². The second-order valence-electron chi connectivity index (χ2n) is 6.38. The van der Waals surface area contributed by atoms with Gasteiger partial charge in [-0.05, 0) is 44.3 Å². The third-order valence-corrected chi connectivity index (χ3v) is 4.11. The van der Waals surface area contributed by atoms with Crippen molar-refractivity contribution in [3.05, 3.63) is 0 Å². The first-order chi connectivity index (χ1) is 6.82. The quantitative estimate of drug-likeness (QED) is 0.771. The Hall–Kier alpha value is -0.0800. The maximum atomic E-state index is 3.48. The second kappa shape index (κ2) is 4.84. The SMILES string of the molecule is CC1CNCC1CN(C)C(C)C(C)(C)C. The van der Waals surface area contributed by atoms with Crippen LogP contribution >= 0.6 is 0 Å². The van der Waals surface area contributed by atoms with Crippen LogP contribution in [0.1, 0.15) is 34.6 Å². The third kappa shape index (κ3) is 3.46. The molecule has 0 spiro atoms. The Labute approximate surface area is 95.4 Å². The molecule has 0 aromatic carbocycles. The van der Waals surface area contributed by atoms with Crippen molar-refractivity contribution in [1.29, 1.82) is 0 Å². The van der Waals surface area contributed by atoms with Gasteiger partial charge in [0, 0.05) is 12.6 Å². The Bertz CT molecular complexity index is 195. The molecule has 1 saturated heterocycles. The lowest BCUT2D eigenvalue weighted by molar-refractivity contribution is 0.119. The molecular formula is C13H28N2. The maximum absolute atomic E-state index is 3.48. The summed E-state index contributed by atoms with van der Waals surface area (Å²) in [5, 5.41) is 3.48. The lowest BCUT2D eigenvalue weighted by Crippen LogP contribution is -2.42. The molecule has 0 aromatic heterocycles. The summed E-state index contributed by atoms with van der Waals surface area (Å²) in [5.41, 5.74) is 0.379. The van der Waals surface area contributed by atoms with Gasteiger partial charge in [0.15, 0.2) is 0 Å². The average molecular weight is 212 g/mol. The van der Waals surface area contributed by atoms with Gasteiger partial charge in [-0.3, -0.25) is 0 Å². The van der Waals surface area contributed by atoms with E-state index < -0.39 is 0 Å². The largest absolute Gasteiger partial charge is 0.316 e. The van der Waals surface area contributed by atoms with Crippen LogP contribution in [0.4, 0.5) is 0 Å². The van der Waals surface area contributed by atoms with Crippen molar-refractivity contribution in [2.75, 3.05) is 26.7 Å². The molecule has 1 heterocycles. The molecule has 1 rings (SSSR count). The lowest BCUT2D eigenvalue weighted by atomic mass is 9.86. The van der Waals surface area contributed by atoms with E-state index >= 15 is 0 Å². The van der Waals surface area contributed by atoms with Crippen LogP contribution in [0.3, 0.4) is 0 Å². The van der Waals surface area contributed by atoms with Gasteiger partial charge in [0.1, 0.15) is 0 Å². The molecule has 3 unspecified atom stereocenters. The summed E-state index contributed by atoms with van der Waals surface area (Å²) in [5.74, 6) is 1.67. The van der Waals surface area contributed by atoms with E-state index in [4.69, 9.17) is 0 Å². The lowest BCUT2D eigenvalue weighted by Gasteiger charge is -2.37. The Morgan fingerprint density at radius 3 is 2.33 bits per heavy atom. The molecule has 1 aliphatic rings. The predicted molar refractivity (Wildman–Crippen MR) is 67.1 cm³/mol. The highest BCUT2D eigenvalue weighted by molar-refractivity contribution is 4.84. The smallest absolute Gasteiger partial charge is 0.0112 e. The van der Waals surface area contributed by atoms with Crippen molar-refractivity contribution in [3.8, 4) is 0 Å². The molecule has 90 valence electrons. The summed E-state index contributed by atoms with van der Waals surface area (Å²) in [4.78, 5) is 2.52. The van der Waals surface area contributed by atoms with Crippen molar-refractivity contribution in [3.63, 3.8) is 0 Å². The molecule has 0 bridgehead atoms. The van der Waals surface area contributed by atoms with Crippen molar-refractivity contribution >= 4 is 0 Å². The van der Waals surface area contributed by atoms with Crippen LogP contribution in [0, 0.1) is 17.3 Å². The fourth-order valence-electron chi connectivity index (χ4n) is 2.30. The van der Waals surface area contributed by atoms with Crippen molar-refractivity contribution in [2.24, 2.45) is 17.3 Å². The van der Waals surface area contributed by atoms with E-state index in [0.717, 1.165) is 11.8 Å². The monoisotopic (exact) mass is 212 g/mol. The fourth-order valence-corrected chi connectivity index (χ4v) is 2.30. The van der Waals surface area contributed by atoms with E-state index in [9.17, 15) is 0 Å². The second-order valence-corrected chi connectivity index (χ2v) is 6.38. The predicted octanol–water partition coefficient (Wildman–Crippen LogP) is 2.21. The molecule has 0 radical (unpaired) electrons. The summed E-state index contributed by atoms with van der Waals surface area (Å²) in [7, 11) is 2.26. The Morgan fingerprint density at radius 2 is 1.93 bits per heavy atom. The van der Waals surface area contributed by atoms with Crippen LogP contribution in [0.2, 0.25) is 0 Å². The molecule has 1 fully saturated rings. The third-order valence-electron chi connectivity index (χ3n) is 4.11. The van der Waals surface area contributed by atoms with E-state index in [1.807, 2.05) is 0 Å². The van der Waals surface area contributed by atoms with E-state index in [-0.39, 0.29) is 0 Å². The zero-order valence-corrected chi connectivity index (χ0v) is 11.3. The molecule has 1 N–H and O–H groups in total. The number of hydrogen-bond donors (Lipinski definition) is 1. The van der Waals surface area contributed by atoms with Gasteiger partial charge >= 0.3 is 0 Å². The summed E-state index contributed by atoms with van der Waals surface area (Å²) in [6.07, 6.45) is 0. The van der Waals surface area contributed by atoms with Crippen LogP contribution in [-0.2, 0) is 0 Å². The maximum Gasteiger partial charge on any atom is 0.0112 e. The zero-order valence-electron chi connectivity index (χ0n) is 11.3. The van der Waals surface area contributed by atoms with Crippen molar-refractivity contribution in [2.45, 2.75) is 40.7 Å². The molecule has 0 aliphatic carbocycles. The van der Waals surface area contributed by atoms with E-state index in [0.29, 0.717) is 11.5 Å². The van der Waals surface area contributed by atoms with Crippen LogP contribution in [0.5, 0.6) is 0 Å². The van der Waals surface area contributed by atoms with Gasteiger partial charge in [-0.1, -0.05) is 27.7 Å². The van der Waals surface area contributed by atoms with E-state index in [1.165, 1.54) is 19.6 Å². The van der Waals surface area contributed by atoms with Gasteiger partial charge in [0.25, 0.3) is 0 Å². The van der Waals surface area contributed by atoms with Crippen molar-refractivity contribution in [1.82, 2.24) is 10.2 Å². The van der Waals surface area contributed by atoms with Crippen LogP contribution < -0.4 is 5.32 Å². The molecule has 0 saturated carbocycles. The Morgan fingerprint density at radius 1 is 1.33 bits per heavy atom. The molecule has 2 nitrogen and oxygen atoms in total. The minimum Gasteiger partial charge on any atom is -0.316 e. The topological polar surface area (TPSA) is 15.3 Å². The molecule has 2 heteroatoms.